The van der Waals surface area contributed by atoms with E-state index in [1.165, 1.54) is 7.11 Å². The standard InChI is InChI=1S/C23H20O4S/c1-13-6-10-16(11-7-13)28(26)23-15-9-8-14(12-15)20(23)21(24)19-17(22(23)25)4-3-5-18(19)27-2/h3-11,14-15,20H,12H2,1-2H3/t14-,15+,20+,23-,28+/m1/s1. The van der Waals surface area contributed by atoms with Gasteiger partial charge in [0.15, 0.2) is 11.6 Å². The molecule has 1 saturated carbocycles. The maximum atomic E-state index is 13.9. The van der Waals surface area contributed by atoms with Crippen LogP contribution in [0.1, 0.15) is 32.7 Å². The summed E-state index contributed by atoms with van der Waals surface area (Å²) in [4.78, 5) is 28.1. The Bertz CT molecular complexity index is 1070. The maximum absolute atomic E-state index is 13.9. The molecular weight excluding hydrogens is 372 g/mol. The van der Waals surface area contributed by atoms with E-state index in [1.807, 2.05) is 43.3 Å². The van der Waals surface area contributed by atoms with Gasteiger partial charge in [0.05, 0.1) is 29.4 Å². The van der Waals surface area contributed by atoms with Crippen molar-refractivity contribution < 1.29 is 18.5 Å². The summed E-state index contributed by atoms with van der Waals surface area (Å²) in [6.45, 7) is 1.96. The molecule has 28 heavy (non-hydrogen) atoms. The van der Waals surface area contributed by atoms with Gasteiger partial charge < -0.3 is 4.74 Å². The predicted octanol–water partition coefficient (Wildman–Crippen LogP) is 3.75. The zero-order valence-corrected chi connectivity index (χ0v) is 16.5. The van der Waals surface area contributed by atoms with Crippen molar-refractivity contribution in [3.8, 4) is 5.75 Å². The van der Waals surface area contributed by atoms with E-state index in [2.05, 4.69) is 0 Å². The number of hydrogen-bond acceptors (Lipinski definition) is 4. The number of carbonyl (C=O) groups is 2. The Kier molecular flexibility index (Phi) is 3.75. The van der Waals surface area contributed by atoms with Gasteiger partial charge in [0.1, 0.15) is 10.5 Å². The molecule has 2 aromatic carbocycles. The van der Waals surface area contributed by atoms with Gasteiger partial charge in [-0.25, -0.2) is 0 Å². The van der Waals surface area contributed by atoms with Crippen molar-refractivity contribution in [1.82, 2.24) is 0 Å². The van der Waals surface area contributed by atoms with E-state index in [0.717, 1.165) is 5.56 Å². The van der Waals surface area contributed by atoms with Crippen molar-refractivity contribution in [1.29, 1.82) is 0 Å². The minimum absolute atomic E-state index is 0.0612. The maximum Gasteiger partial charge on any atom is 0.184 e. The van der Waals surface area contributed by atoms with Gasteiger partial charge in [-0.2, -0.15) is 0 Å². The number of ketones is 2. The number of rotatable bonds is 3. The zero-order chi connectivity index (χ0) is 19.6. The van der Waals surface area contributed by atoms with E-state index in [4.69, 9.17) is 4.74 Å². The smallest absolute Gasteiger partial charge is 0.184 e. The lowest BCUT2D eigenvalue weighted by atomic mass is 9.68. The summed E-state index contributed by atoms with van der Waals surface area (Å²) in [7, 11) is -0.133. The molecule has 142 valence electrons. The highest BCUT2D eigenvalue weighted by Crippen LogP contribution is 2.59. The third-order valence-corrected chi connectivity index (χ3v) is 8.53. The molecule has 4 nitrogen and oxygen atoms in total. The molecule has 0 unspecified atom stereocenters. The Labute approximate surface area is 166 Å². The summed E-state index contributed by atoms with van der Waals surface area (Å²) in [5.74, 6) is -0.765. The molecule has 2 bridgehead atoms. The summed E-state index contributed by atoms with van der Waals surface area (Å²) < 4.78 is 18.1. The van der Waals surface area contributed by atoms with E-state index in [9.17, 15) is 13.8 Å². The molecule has 3 aliphatic carbocycles. The monoisotopic (exact) mass is 392 g/mol. The molecule has 0 spiro atoms. The molecule has 0 aromatic heterocycles. The van der Waals surface area contributed by atoms with Gasteiger partial charge in [-0.3, -0.25) is 13.8 Å². The molecule has 0 saturated heterocycles. The van der Waals surface area contributed by atoms with Gasteiger partial charge in [-0.15, -0.1) is 0 Å². The average molecular weight is 392 g/mol. The number of aryl methyl sites for hydroxylation is 1. The first-order valence-corrected chi connectivity index (χ1v) is 10.6. The van der Waals surface area contributed by atoms with E-state index < -0.39 is 21.5 Å². The summed E-state index contributed by atoms with van der Waals surface area (Å²) in [5, 5.41) is 0. The topological polar surface area (TPSA) is 60.4 Å². The van der Waals surface area contributed by atoms with Crippen LogP contribution in [0.3, 0.4) is 0 Å². The number of fused-ring (bicyclic) bond motifs is 6. The third-order valence-electron chi connectivity index (χ3n) is 6.47. The molecule has 2 aromatic rings. The van der Waals surface area contributed by atoms with Crippen molar-refractivity contribution >= 4 is 22.4 Å². The Morgan fingerprint density at radius 1 is 1.07 bits per heavy atom. The van der Waals surface area contributed by atoms with Crippen LogP contribution in [0.2, 0.25) is 0 Å². The quantitative estimate of drug-likeness (QED) is 0.747. The summed E-state index contributed by atoms with van der Waals surface area (Å²) in [6.07, 6.45) is 4.70. The van der Waals surface area contributed by atoms with Crippen LogP contribution >= 0.6 is 0 Å². The van der Waals surface area contributed by atoms with Gasteiger partial charge in [-0.05, 0) is 37.5 Å². The largest absolute Gasteiger partial charge is 0.496 e. The normalized spacial score (nSPS) is 30.9. The number of Topliss-reactive ketones (excluding diaryl/α,β-unsaturated/α-hetero) is 2. The van der Waals surface area contributed by atoms with Crippen LogP contribution in [0, 0.1) is 24.7 Å². The fourth-order valence-electron chi connectivity index (χ4n) is 5.24. The van der Waals surface area contributed by atoms with Crippen molar-refractivity contribution in [3.63, 3.8) is 0 Å². The molecule has 0 radical (unpaired) electrons. The van der Waals surface area contributed by atoms with Crippen LogP contribution in [0.25, 0.3) is 0 Å². The SMILES string of the molecule is COc1cccc2c1C(=O)[C@@H]1[C@@H]3C=C[C@@H](C3)[C@]1([S@@](=O)c1ccc(C)cc1)C2=O. The number of ether oxygens (including phenoxy) is 1. The highest BCUT2D eigenvalue weighted by Gasteiger charge is 2.69. The predicted molar refractivity (Wildman–Crippen MR) is 106 cm³/mol. The second-order valence-electron chi connectivity index (χ2n) is 7.82. The Morgan fingerprint density at radius 3 is 2.54 bits per heavy atom. The zero-order valence-electron chi connectivity index (χ0n) is 15.7. The lowest BCUT2D eigenvalue weighted by Crippen LogP contribution is -2.58. The average Bonchev–Trinajstić information content (AvgIpc) is 3.32. The second kappa shape index (κ2) is 5.98. The molecule has 0 N–H and O–H groups in total. The van der Waals surface area contributed by atoms with Gasteiger partial charge >= 0.3 is 0 Å². The van der Waals surface area contributed by atoms with Crippen LogP contribution in [0.4, 0.5) is 0 Å². The molecule has 5 atom stereocenters. The first-order chi connectivity index (χ1) is 13.5. The second-order valence-corrected chi connectivity index (χ2v) is 9.50. The van der Waals surface area contributed by atoms with Gasteiger partial charge in [0.2, 0.25) is 0 Å². The minimum atomic E-state index is -1.63. The summed E-state index contributed by atoms with van der Waals surface area (Å²) in [6, 6.07) is 12.5. The third kappa shape index (κ3) is 2.03. The number of benzene rings is 2. The molecule has 5 heteroatoms. The molecule has 3 aliphatic rings. The summed E-state index contributed by atoms with van der Waals surface area (Å²) >= 11 is 0. The van der Waals surface area contributed by atoms with Crippen LogP contribution in [0.15, 0.2) is 59.5 Å². The molecule has 0 aliphatic heterocycles. The van der Waals surface area contributed by atoms with Crippen LogP contribution in [-0.2, 0) is 10.8 Å². The van der Waals surface area contributed by atoms with Crippen LogP contribution in [0.5, 0.6) is 5.75 Å². The van der Waals surface area contributed by atoms with Crippen molar-refractivity contribution in [2.24, 2.45) is 17.8 Å². The van der Waals surface area contributed by atoms with Crippen LogP contribution in [-0.4, -0.2) is 27.6 Å². The van der Waals surface area contributed by atoms with E-state index >= 15 is 0 Å². The first-order valence-electron chi connectivity index (χ1n) is 9.43. The Balaban J connectivity index is 1.76. The van der Waals surface area contributed by atoms with E-state index in [1.54, 1.807) is 18.2 Å². The van der Waals surface area contributed by atoms with Crippen molar-refractivity contribution in [2.75, 3.05) is 7.11 Å². The van der Waals surface area contributed by atoms with E-state index in [0.29, 0.717) is 28.2 Å². The minimum Gasteiger partial charge on any atom is -0.496 e. The fraction of sp³-hybridized carbons (Fsp3) is 0.304. The summed E-state index contributed by atoms with van der Waals surface area (Å²) in [5.41, 5.74) is 1.74. The molecule has 0 heterocycles. The van der Waals surface area contributed by atoms with Crippen LogP contribution < -0.4 is 4.74 Å². The number of hydrogen-bond donors (Lipinski definition) is 0. The fourth-order valence-corrected chi connectivity index (χ4v) is 7.26. The molecule has 5 rings (SSSR count). The number of methoxy groups -OCH3 is 1. The highest BCUT2D eigenvalue weighted by molar-refractivity contribution is 7.87. The lowest BCUT2D eigenvalue weighted by molar-refractivity contribution is 0.0749. The number of allylic oxidation sites excluding steroid dienone is 2. The molecular formula is C23H20O4S. The molecule has 1 fully saturated rings. The van der Waals surface area contributed by atoms with Gasteiger partial charge in [0, 0.05) is 16.4 Å². The Hall–Kier alpha value is -2.53. The van der Waals surface area contributed by atoms with Crippen molar-refractivity contribution in [2.45, 2.75) is 23.0 Å². The van der Waals surface area contributed by atoms with E-state index in [-0.39, 0.29) is 23.4 Å². The number of carbonyl (C=O) groups excluding carboxylic acids is 2. The first kappa shape index (κ1) is 17.6. The van der Waals surface area contributed by atoms with Gasteiger partial charge in [-0.1, -0.05) is 42.0 Å². The van der Waals surface area contributed by atoms with Crippen molar-refractivity contribution in [3.05, 3.63) is 71.3 Å². The highest BCUT2D eigenvalue weighted by atomic mass is 32.2. The lowest BCUT2D eigenvalue weighted by Gasteiger charge is -2.42. The van der Waals surface area contributed by atoms with Gasteiger partial charge in [0.25, 0.3) is 0 Å². The molecule has 0 amide bonds. The Morgan fingerprint density at radius 2 is 1.82 bits per heavy atom.